The molecule has 2 N–H and O–H groups in total. The highest BCUT2D eigenvalue weighted by Gasteiger charge is 1.95. The molecule has 0 spiro atoms. The fourth-order valence-corrected chi connectivity index (χ4v) is 1.35. The van der Waals surface area contributed by atoms with E-state index in [1.165, 1.54) is 6.33 Å². The molecule has 0 saturated heterocycles. The monoisotopic (exact) mass is 181 g/mol. The zero-order valence-corrected chi connectivity index (χ0v) is 7.55. The summed E-state index contributed by atoms with van der Waals surface area (Å²) in [7, 11) is 0. The summed E-state index contributed by atoms with van der Waals surface area (Å²) >= 11 is 1.62. The van der Waals surface area contributed by atoms with Crippen LogP contribution in [0.2, 0.25) is 0 Å². The maximum atomic E-state index is 5.39. The van der Waals surface area contributed by atoms with Crippen LogP contribution in [-0.4, -0.2) is 22.3 Å². The Hall–Kier alpha value is -0.870. The van der Waals surface area contributed by atoms with E-state index in [0.29, 0.717) is 6.54 Å². The maximum Gasteiger partial charge on any atom is 0.116 e. The molecule has 3 nitrogen and oxygen atoms in total. The summed E-state index contributed by atoms with van der Waals surface area (Å²) in [5.74, 6) is 0.827. The molecule has 1 heterocycles. The van der Waals surface area contributed by atoms with Crippen molar-refractivity contribution in [3.05, 3.63) is 30.7 Å². The van der Waals surface area contributed by atoms with Crippen molar-refractivity contribution in [2.75, 3.05) is 12.3 Å². The summed E-state index contributed by atoms with van der Waals surface area (Å²) < 4.78 is 0. The summed E-state index contributed by atoms with van der Waals surface area (Å²) in [5.41, 5.74) is 6.42. The van der Waals surface area contributed by atoms with Crippen molar-refractivity contribution in [3.8, 4) is 0 Å². The summed E-state index contributed by atoms with van der Waals surface area (Å²) in [6.07, 6.45) is 3.26. The van der Waals surface area contributed by atoms with Crippen LogP contribution in [0, 0.1) is 0 Å². The van der Waals surface area contributed by atoms with E-state index in [-0.39, 0.29) is 0 Å². The van der Waals surface area contributed by atoms with Gasteiger partial charge in [-0.05, 0) is 6.07 Å². The minimum Gasteiger partial charge on any atom is -0.327 e. The molecule has 4 heteroatoms. The highest BCUT2D eigenvalue weighted by molar-refractivity contribution is 7.99. The van der Waals surface area contributed by atoms with Crippen LogP contribution in [0.1, 0.15) is 0 Å². The van der Waals surface area contributed by atoms with Gasteiger partial charge in [0.25, 0.3) is 0 Å². The van der Waals surface area contributed by atoms with Gasteiger partial charge in [0, 0.05) is 18.5 Å². The Morgan fingerprint density at radius 3 is 3.08 bits per heavy atom. The molecule has 0 saturated carbocycles. The fourth-order valence-electron chi connectivity index (χ4n) is 0.599. The Bertz CT molecular complexity index is 248. The van der Waals surface area contributed by atoms with Gasteiger partial charge in [-0.15, -0.1) is 11.8 Å². The number of rotatable bonds is 4. The van der Waals surface area contributed by atoms with Crippen LogP contribution < -0.4 is 5.73 Å². The van der Waals surface area contributed by atoms with Gasteiger partial charge in [0.1, 0.15) is 6.33 Å². The summed E-state index contributed by atoms with van der Waals surface area (Å²) in [6.45, 7) is 4.34. The zero-order valence-electron chi connectivity index (χ0n) is 6.73. The van der Waals surface area contributed by atoms with Crippen LogP contribution in [0.3, 0.4) is 0 Å². The number of hydrogen-bond acceptors (Lipinski definition) is 4. The first kappa shape index (κ1) is 9.22. The van der Waals surface area contributed by atoms with Crippen LogP contribution in [0.25, 0.3) is 0 Å². The van der Waals surface area contributed by atoms with E-state index in [2.05, 4.69) is 16.5 Å². The molecule has 0 radical (unpaired) electrons. The van der Waals surface area contributed by atoms with E-state index in [1.807, 2.05) is 6.07 Å². The van der Waals surface area contributed by atoms with E-state index < -0.39 is 0 Å². The molecule has 1 aromatic rings. The number of hydrogen-bond donors (Lipinski definition) is 1. The van der Waals surface area contributed by atoms with Crippen molar-refractivity contribution in [1.82, 2.24) is 9.97 Å². The van der Waals surface area contributed by atoms with Gasteiger partial charge in [0.05, 0.1) is 5.03 Å². The maximum absolute atomic E-state index is 5.39. The van der Waals surface area contributed by atoms with Gasteiger partial charge in [-0.3, -0.25) is 0 Å². The summed E-state index contributed by atoms with van der Waals surface area (Å²) in [4.78, 5) is 7.88. The smallest absolute Gasteiger partial charge is 0.116 e. The average molecular weight is 181 g/mol. The second kappa shape index (κ2) is 4.90. The Balaban J connectivity index is 2.38. The average Bonchev–Trinajstić information content (AvgIpc) is 2.16. The highest BCUT2D eigenvalue weighted by Crippen LogP contribution is 2.15. The largest absolute Gasteiger partial charge is 0.327 e. The second-order valence-corrected chi connectivity index (χ2v) is 3.29. The molecular weight excluding hydrogens is 170 g/mol. The predicted octanol–water partition coefficient (Wildman–Crippen LogP) is 1.08. The normalized spacial score (nSPS) is 9.75. The SMILES string of the molecule is C=C(CN)CSc1ccncn1. The molecule has 0 aliphatic carbocycles. The van der Waals surface area contributed by atoms with Gasteiger partial charge < -0.3 is 5.73 Å². The molecule has 0 aliphatic rings. The van der Waals surface area contributed by atoms with Crippen molar-refractivity contribution < 1.29 is 0 Å². The molecular formula is C8H11N3S. The van der Waals surface area contributed by atoms with Crippen molar-refractivity contribution in [2.24, 2.45) is 5.73 Å². The molecule has 0 atom stereocenters. The number of nitrogens with two attached hydrogens (primary N) is 1. The molecule has 0 unspecified atom stereocenters. The van der Waals surface area contributed by atoms with E-state index >= 15 is 0 Å². The third-order valence-electron chi connectivity index (χ3n) is 1.27. The minimum absolute atomic E-state index is 0.540. The summed E-state index contributed by atoms with van der Waals surface area (Å²) in [5, 5.41) is 0.958. The Kier molecular flexibility index (Phi) is 3.76. The Labute approximate surface area is 76.1 Å². The fraction of sp³-hybridized carbons (Fsp3) is 0.250. The molecule has 0 aromatic carbocycles. The van der Waals surface area contributed by atoms with Crippen LogP contribution in [0.5, 0.6) is 0 Å². The third kappa shape index (κ3) is 3.02. The molecule has 0 aliphatic heterocycles. The highest BCUT2D eigenvalue weighted by atomic mass is 32.2. The topological polar surface area (TPSA) is 51.8 Å². The van der Waals surface area contributed by atoms with Crippen LogP contribution in [0.4, 0.5) is 0 Å². The molecule has 0 amide bonds. The molecule has 1 aromatic heterocycles. The lowest BCUT2D eigenvalue weighted by molar-refractivity contribution is 1.05. The standard InChI is InChI=1S/C8H11N3S/c1-7(4-9)5-12-8-2-3-10-6-11-8/h2-3,6H,1,4-5,9H2. The number of thioether (sulfide) groups is 1. The van der Waals surface area contributed by atoms with E-state index in [9.17, 15) is 0 Å². The Morgan fingerprint density at radius 1 is 1.67 bits per heavy atom. The van der Waals surface area contributed by atoms with Crippen molar-refractivity contribution in [1.29, 1.82) is 0 Å². The first-order valence-corrected chi connectivity index (χ1v) is 4.57. The predicted molar refractivity (Wildman–Crippen MR) is 51.0 cm³/mol. The van der Waals surface area contributed by atoms with E-state index in [4.69, 9.17) is 5.73 Å². The minimum atomic E-state index is 0.540. The van der Waals surface area contributed by atoms with Crippen LogP contribution in [-0.2, 0) is 0 Å². The lowest BCUT2D eigenvalue weighted by atomic mass is 10.4. The van der Waals surface area contributed by atoms with Crippen LogP contribution in [0.15, 0.2) is 35.8 Å². The lowest BCUT2D eigenvalue weighted by Gasteiger charge is -2.00. The molecule has 0 bridgehead atoms. The molecule has 64 valence electrons. The first-order chi connectivity index (χ1) is 5.83. The van der Waals surface area contributed by atoms with Gasteiger partial charge in [-0.1, -0.05) is 12.2 Å². The summed E-state index contributed by atoms with van der Waals surface area (Å²) in [6, 6.07) is 1.87. The van der Waals surface area contributed by atoms with Gasteiger partial charge in [0.15, 0.2) is 0 Å². The molecule has 0 fully saturated rings. The van der Waals surface area contributed by atoms with Gasteiger partial charge in [0.2, 0.25) is 0 Å². The molecule has 1 rings (SSSR count). The second-order valence-electron chi connectivity index (χ2n) is 2.29. The third-order valence-corrected chi connectivity index (χ3v) is 2.36. The van der Waals surface area contributed by atoms with Gasteiger partial charge in [-0.25, -0.2) is 9.97 Å². The zero-order chi connectivity index (χ0) is 8.81. The van der Waals surface area contributed by atoms with Crippen molar-refractivity contribution in [3.63, 3.8) is 0 Å². The lowest BCUT2D eigenvalue weighted by Crippen LogP contribution is -2.03. The van der Waals surface area contributed by atoms with Gasteiger partial charge >= 0.3 is 0 Å². The van der Waals surface area contributed by atoms with Gasteiger partial charge in [-0.2, -0.15) is 0 Å². The number of aromatic nitrogens is 2. The quantitative estimate of drug-likeness (QED) is 0.429. The molecule has 12 heavy (non-hydrogen) atoms. The van der Waals surface area contributed by atoms with E-state index in [0.717, 1.165) is 16.4 Å². The van der Waals surface area contributed by atoms with Crippen LogP contribution >= 0.6 is 11.8 Å². The first-order valence-electron chi connectivity index (χ1n) is 3.58. The van der Waals surface area contributed by atoms with Crippen molar-refractivity contribution in [2.45, 2.75) is 5.03 Å². The van der Waals surface area contributed by atoms with E-state index in [1.54, 1.807) is 18.0 Å². The Morgan fingerprint density at radius 2 is 2.50 bits per heavy atom. The van der Waals surface area contributed by atoms with Crippen molar-refractivity contribution >= 4 is 11.8 Å². The number of nitrogens with zero attached hydrogens (tertiary/aromatic N) is 2.